The third-order valence-electron chi connectivity index (χ3n) is 10.6. The van der Waals surface area contributed by atoms with E-state index in [1.54, 1.807) is 7.11 Å². The Hall–Kier alpha value is -4.45. The average Bonchev–Trinajstić information content (AvgIpc) is 3.57. The minimum absolute atomic E-state index is 0.0273. The fourth-order valence-electron chi connectivity index (χ4n) is 8.72. The number of aryl methyl sites for hydroxylation is 1. The summed E-state index contributed by atoms with van der Waals surface area (Å²) in [5.41, 5.74) is 6.31. The van der Waals surface area contributed by atoms with Crippen molar-refractivity contribution in [3.05, 3.63) is 57.7 Å². The molecule has 0 saturated carbocycles. The van der Waals surface area contributed by atoms with Crippen molar-refractivity contribution in [1.82, 2.24) is 15.1 Å². The van der Waals surface area contributed by atoms with E-state index in [1.165, 1.54) is 24.8 Å². The van der Waals surface area contributed by atoms with Crippen LogP contribution < -0.4 is 24.3 Å². The van der Waals surface area contributed by atoms with Crippen LogP contribution in [-0.4, -0.2) is 91.9 Å². The number of benzene rings is 2. The molecule has 0 spiro atoms. The average molecular weight is 705 g/mol. The van der Waals surface area contributed by atoms with Crippen LogP contribution in [0.5, 0.6) is 23.0 Å². The molecule has 0 aliphatic carbocycles. The van der Waals surface area contributed by atoms with Gasteiger partial charge in [-0.15, -0.1) is 11.8 Å². The summed E-state index contributed by atoms with van der Waals surface area (Å²) in [5, 5.41) is 13.2. The van der Waals surface area contributed by atoms with Crippen LogP contribution in [0.15, 0.2) is 18.7 Å². The smallest absolute Gasteiger partial charge is 0.408 e. The predicted molar refractivity (Wildman–Crippen MR) is 181 cm³/mol. The number of amides is 1. The van der Waals surface area contributed by atoms with Crippen molar-refractivity contribution in [2.45, 2.75) is 75.6 Å². The Morgan fingerprint density at radius 1 is 1.14 bits per heavy atom. The lowest BCUT2D eigenvalue weighted by Gasteiger charge is -2.62. The van der Waals surface area contributed by atoms with E-state index in [4.69, 9.17) is 28.4 Å². The number of ether oxygens (including phenoxy) is 6. The van der Waals surface area contributed by atoms with Crippen LogP contribution in [0.25, 0.3) is 0 Å². The van der Waals surface area contributed by atoms with Gasteiger partial charge in [-0.3, -0.25) is 14.6 Å². The molecule has 0 radical (unpaired) electrons. The number of carbonyl (C=O) groups is 3. The molecule has 0 aromatic heterocycles. The second kappa shape index (κ2) is 13.0. The number of esters is 2. The molecule has 6 heterocycles. The zero-order valence-electron chi connectivity index (χ0n) is 28.9. The van der Waals surface area contributed by atoms with Crippen LogP contribution in [0.4, 0.5) is 4.79 Å². The molecule has 4 bridgehead atoms. The van der Waals surface area contributed by atoms with Gasteiger partial charge in [0, 0.05) is 41.5 Å². The second-order valence-electron chi connectivity index (χ2n) is 13.2. The van der Waals surface area contributed by atoms with Crippen LogP contribution in [0.2, 0.25) is 0 Å². The number of alkyl carbamates (subject to hydrolysis) is 1. The molecule has 2 unspecified atom stereocenters. The molecule has 6 aliphatic rings. The molecule has 8 rings (SSSR count). The Labute approximate surface area is 294 Å². The van der Waals surface area contributed by atoms with Gasteiger partial charge >= 0.3 is 18.0 Å². The number of piperazine rings is 1. The monoisotopic (exact) mass is 704 g/mol. The van der Waals surface area contributed by atoms with E-state index in [9.17, 15) is 19.6 Å². The van der Waals surface area contributed by atoms with Crippen LogP contribution >= 0.6 is 11.8 Å². The van der Waals surface area contributed by atoms with Gasteiger partial charge < -0.3 is 33.7 Å². The van der Waals surface area contributed by atoms with Crippen LogP contribution in [0, 0.1) is 32.1 Å². The fourth-order valence-corrected chi connectivity index (χ4v) is 10.2. The van der Waals surface area contributed by atoms with E-state index in [-0.39, 0.29) is 37.8 Å². The van der Waals surface area contributed by atoms with E-state index in [0.717, 1.165) is 33.6 Å². The SMILES string of the molecule is C=CCOC(=O)NC1CS[C@@H]2c3c(OC(C)=O)c(C)c4c(c3[C@@H](COC1=O)N1C2[C@H]2c3c(cc(C)c(OC)c3C)C[C@@H]([C@@H]1C#N)N2C)OCO4. The number of fused-ring (bicyclic) bond motifs is 10. The van der Waals surface area contributed by atoms with Gasteiger partial charge in [0.25, 0.3) is 0 Å². The number of hydrogen-bond donors (Lipinski definition) is 1. The molecular weight excluding hydrogens is 664 g/mol. The molecule has 264 valence electrons. The van der Waals surface area contributed by atoms with Gasteiger partial charge in [-0.2, -0.15) is 5.26 Å². The highest BCUT2D eigenvalue weighted by Gasteiger charge is 2.60. The molecule has 6 aliphatic heterocycles. The van der Waals surface area contributed by atoms with Gasteiger partial charge in [-0.25, -0.2) is 9.59 Å². The zero-order valence-corrected chi connectivity index (χ0v) is 29.7. The molecule has 2 saturated heterocycles. The molecule has 13 nitrogen and oxygen atoms in total. The Morgan fingerprint density at radius 3 is 2.60 bits per heavy atom. The molecule has 7 atom stereocenters. The first-order valence-electron chi connectivity index (χ1n) is 16.5. The van der Waals surface area contributed by atoms with Crippen LogP contribution in [0.3, 0.4) is 0 Å². The van der Waals surface area contributed by atoms with Crippen molar-refractivity contribution in [3.8, 4) is 29.1 Å². The van der Waals surface area contributed by atoms with Gasteiger partial charge in [-0.05, 0) is 56.5 Å². The molecule has 1 N–H and O–H groups in total. The highest BCUT2D eigenvalue weighted by Crippen LogP contribution is 2.63. The van der Waals surface area contributed by atoms with Crippen LogP contribution in [-0.2, 0) is 25.5 Å². The first kappa shape index (κ1) is 34.0. The molecule has 2 aromatic carbocycles. The molecule has 2 fully saturated rings. The summed E-state index contributed by atoms with van der Waals surface area (Å²) >= 11 is 1.42. The minimum Gasteiger partial charge on any atom is -0.496 e. The number of nitriles is 1. The maximum Gasteiger partial charge on any atom is 0.408 e. The summed E-state index contributed by atoms with van der Waals surface area (Å²) in [5.74, 6) is 1.04. The van der Waals surface area contributed by atoms with Gasteiger partial charge in [0.2, 0.25) is 6.79 Å². The van der Waals surface area contributed by atoms with Crippen molar-refractivity contribution >= 4 is 29.8 Å². The van der Waals surface area contributed by atoms with Crippen LogP contribution in [0.1, 0.15) is 63.2 Å². The number of hydrogen-bond acceptors (Lipinski definition) is 13. The minimum atomic E-state index is -1.05. The lowest BCUT2D eigenvalue weighted by atomic mass is 9.70. The highest BCUT2D eigenvalue weighted by atomic mass is 32.2. The van der Waals surface area contributed by atoms with E-state index in [2.05, 4.69) is 47.8 Å². The van der Waals surface area contributed by atoms with Crippen molar-refractivity contribution in [2.24, 2.45) is 0 Å². The summed E-state index contributed by atoms with van der Waals surface area (Å²) in [6, 6.07) is 1.62. The predicted octanol–water partition coefficient (Wildman–Crippen LogP) is 4.12. The van der Waals surface area contributed by atoms with Crippen molar-refractivity contribution in [3.63, 3.8) is 0 Å². The van der Waals surface area contributed by atoms with E-state index >= 15 is 0 Å². The molecule has 50 heavy (non-hydrogen) atoms. The highest BCUT2D eigenvalue weighted by molar-refractivity contribution is 7.99. The zero-order chi connectivity index (χ0) is 35.6. The Morgan fingerprint density at radius 2 is 1.90 bits per heavy atom. The lowest BCUT2D eigenvalue weighted by molar-refractivity contribution is -0.151. The van der Waals surface area contributed by atoms with E-state index in [0.29, 0.717) is 34.8 Å². The summed E-state index contributed by atoms with van der Waals surface area (Å²) in [4.78, 5) is 43.5. The van der Waals surface area contributed by atoms with Gasteiger partial charge in [0.05, 0.1) is 30.5 Å². The summed E-state index contributed by atoms with van der Waals surface area (Å²) < 4.78 is 35.2. The number of nitrogens with one attached hydrogen (secondary N) is 1. The molecule has 2 aromatic rings. The van der Waals surface area contributed by atoms with Gasteiger partial charge in [0.1, 0.15) is 36.8 Å². The van der Waals surface area contributed by atoms with Crippen molar-refractivity contribution in [1.29, 1.82) is 5.26 Å². The van der Waals surface area contributed by atoms with Crippen molar-refractivity contribution < 1.29 is 42.8 Å². The molecular formula is C36H40N4O9S. The Kier molecular flexibility index (Phi) is 8.86. The number of thioether (sulfide) groups is 1. The second-order valence-corrected chi connectivity index (χ2v) is 14.4. The first-order valence-corrected chi connectivity index (χ1v) is 17.6. The fraction of sp³-hybridized carbons (Fsp3) is 0.500. The number of rotatable bonds is 5. The van der Waals surface area contributed by atoms with Gasteiger partial charge in [-0.1, -0.05) is 18.7 Å². The summed E-state index contributed by atoms with van der Waals surface area (Å²) in [6.07, 6.45) is 1.29. The van der Waals surface area contributed by atoms with E-state index < -0.39 is 47.4 Å². The summed E-state index contributed by atoms with van der Waals surface area (Å²) in [7, 11) is 3.73. The van der Waals surface area contributed by atoms with Crippen molar-refractivity contribution in [2.75, 3.05) is 39.9 Å². The van der Waals surface area contributed by atoms with E-state index in [1.807, 2.05) is 13.8 Å². The lowest BCUT2D eigenvalue weighted by Crippen LogP contribution is -2.69. The maximum atomic E-state index is 13.6. The molecule has 1 amide bonds. The normalized spacial score (nSPS) is 27.9. The third-order valence-corrected chi connectivity index (χ3v) is 12.0. The summed E-state index contributed by atoms with van der Waals surface area (Å²) in [6.45, 7) is 10.6. The third kappa shape index (κ3) is 5.17. The number of nitrogens with zero attached hydrogens (tertiary/aromatic N) is 3. The standard InChI is InChI=1S/C36H40N4O9S/c1-8-9-45-36(43)38-21-14-50-34-27-26(33-32(47-15-48-33)18(4)31(27)49-19(5)41)24(13-46-35(21)42)40-23(12-37)22-11-20-10-16(2)30(44-7)17(3)25(20)28(29(34)40)39(22)6/h8,10,21-24,28-29,34H,1,9,11,13-15H2,2-7H3,(H,38,43)/t21?,22-,23-,24+,28+,29?,34+/m0/s1. The number of methoxy groups -OCH3 is 1. The molecule has 14 heteroatoms. The number of likely N-dealkylation sites (N-methyl/N-ethyl adjacent to an activating group) is 1. The first-order chi connectivity index (χ1) is 24.0. The topological polar surface area (TPSA) is 149 Å². The Balaban J connectivity index is 1.49. The Bertz CT molecular complexity index is 1840. The maximum absolute atomic E-state index is 13.6. The van der Waals surface area contributed by atoms with Gasteiger partial charge in [0.15, 0.2) is 11.5 Å². The number of carbonyl (C=O) groups excluding carboxylic acids is 3. The largest absolute Gasteiger partial charge is 0.496 e. The quantitative estimate of drug-likeness (QED) is 0.271.